The number of anilines is 2. The molecule has 1 amide bonds. The number of hydrogen-bond acceptors (Lipinski definition) is 5. The Kier molecular flexibility index (Phi) is 6.24. The normalized spacial score (nSPS) is 13.0. The lowest BCUT2D eigenvalue weighted by molar-refractivity contribution is 0.0950. The number of aromatic amines is 1. The minimum Gasteiger partial charge on any atom is -0.397 e. The van der Waals surface area contributed by atoms with Gasteiger partial charge in [-0.2, -0.15) is 0 Å². The molecule has 10 heteroatoms. The number of amides is 1. The van der Waals surface area contributed by atoms with Crippen LogP contribution in [0.5, 0.6) is 0 Å². The summed E-state index contributed by atoms with van der Waals surface area (Å²) in [5.41, 5.74) is 19.1. The fourth-order valence-corrected chi connectivity index (χ4v) is 4.84. The zero-order valence-corrected chi connectivity index (χ0v) is 22.0. The first-order chi connectivity index (χ1) is 16.8. The van der Waals surface area contributed by atoms with Crippen molar-refractivity contribution in [3.8, 4) is 5.69 Å². The molecule has 2 heterocycles. The van der Waals surface area contributed by atoms with E-state index in [1.807, 2.05) is 54.0 Å². The first kappa shape index (κ1) is 23.4. The van der Waals surface area contributed by atoms with Crippen LogP contribution in [-0.4, -0.2) is 31.5 Å². The summed E-state index contributed by atoms with van der Waals surface area (Å²) in [7, 11) is 0. The van der Waals surface area contributed by atoms with Crippen LogP contribution in [0.1, 0.15) is 28.8 Å². The molecule has 0 unspecified atom stereocenters. The molecule has 1 saturated carbocycles. The predicted octanol–water partition coefficient (Wildman–Crippen LogP) is 5.48. The van der Waals surface area contributed by atoms with Gasteiger partial charge in [-0.05, 0) is 67.8 Å². The predicted molar refractivity (Wildman–Crippen MR) is 147 cm³/mol. The summed E-state index contributed by atoms with van der Waals surface area (Å²) in [4.78, 5) is 23.7. The Bertz CT molecular complexity index is 1570. The molecule has 35 heavy (non-hydrogen) atoms. The quantitative estimate of drug-likeness (QED) is 0.205. The van der Waals surface area contributed by atoms with Crippen LogP contribution in [-0.2, 0) is 0 Å². The van der Waals surface area contributed by atoms with E-state index in [4.69, 9.17) is 11.5 Å². The number of benzene rings is 3. The number of nitrogen functional groups attached to an aromatic ring is 2. The average Bonchev–Trinajstić information content (AvgIpc) is 3.30. The summed E-state index contributed by atoms with van der Waals surface area (Å²) in [6.07, 6.45) is 5.56. The molecule has 178 valence electrons. The molecular formula is C25H23Br2N7O. The van der Waals surface area contributed by atoms with E-state index < -0.39 is 0 Å². The average molecular weight is 597 g/mol. The van der Waals surface area contributed by atoms with E-state index in [1.165, 1.54) is 0 Å². The van der Waals surface area contributed by atoms with E-state index in [-0.39, 0.29) is 5.91 Å². The Labute approximate surface area is 218 Å². The Hall–Kier alpha value is -3.37. The van der Waals surface area contributed by atoms with Gasteiger partial charge in [0.15, 0.2) is 0 Å². The number of nitrogens with zero attached hydrogens (tertiary/aromatic N) is 3. The van der Waals surface area contributed by atoms with Gasteiger partial charge in [-0.15, -0.1) is 0 Å². The third kappa shape index (κ3) is 4.89. The highest BCUT2D eigenvalue weighted by Crippen LogP contribution is 2.28. The Morgan fingerprint density at radius 1 is 1.03 bits per heavy atom. The highest BCUT2D eigenvalue weighted by atomic mass is 79.9. The van der Waals surface area contributed by atoms with Crippen molar-refractivity contribution in [2.75, 3.05) is 11.5 Å². The van der Waals surface area contributed by atoms with E-state index in [0.717, 1.165) is 60.7 Å². The number of nitrogens with two attached hydrogens (primary N) is 2. The number of imidazole rings is 2. The summed E-state index contributed by atoms with van der Waals surface area (Å²) < 4.78 is 3.85. The lowest BCUT2D eigenvalue weighted by Gasteiger charge is -2.10. The number of rotatable bonds is 3. The van der Waals surface area contributed by atoms with Crippen molar-refractivity contribution in [2.45, 2.75) is 25.8 Å². The molecule has 3 aromatic carbocycles. The van der Waals surface area contributed by atoms with Crippen molar-refractivity contribution in [3.63, 3.8) is 0 Å². The molecule has 0 spiro atoms. The van der Waals surface area contributed by atoms with Gasteiger partial charge in [-0.3, -0.25) is 9.36 Å². The summed E-state index contributed by atoms with van der Waals surface area (Å²) >= 11 is 6.81. The van der Waals surface area contributed by atoms with Gasteiger partial charge in [0.1, 0.15) is 17.4 Å². The van der Waals surface area contributed by atoms with Crippen LogP contribution in [0.25, 0.3) is 27.8 Å². The van der Waals surface area contributed by atoms with Crippen LogP contribution >= 0.6 is 31.9 Å². The van der Waals surface area contributed by atoms with Gasteiger partial charge in [0, 0.05) is 26.2 Å². The first-order valence-electron chi connectivity index (χ1n) is 11.0. The largest absolute Gasteiger partial charge is 0.397 e. The maximum Gasteiger partial charge on any atom is 0.251 e. The Morgan fingerprint density at radius 3 is 2.46 bits per heavy atom. The fraction of sp³-hybridized carbons (Fsp3) is 0.160. The molecule has 0 saturated heterocycles. The number of H-pyrrole nitrogens is 1. The number of halogens is 2. The van der Waals surface area contributed by atoms with Gasteiger partial charge in [0.2, 0.25) is 0 Å². The molecular weight excluding hydrogens is 574 g/mol. The Morgan fingerprint density at radius 2 is 1.74 bits per heavy atom. The monoisotopic (exact) mass is 595 g/mol. The minimum atomic E-state index is 0.00373. The molecule has 0 aliphatic heterocycles. The molecule has 1 aliphatic rings. The maximum absolute atomic E-state index is 12.3. The molecule has 0 bridgehead atoms. The molecule has 1 fully saturated rings. The van der Waals surface area contributed by atoms with Gasteiger partial charge in [-0.25, -0.2) is 9.97 Å². The second kappa shape index (κ2) is 9.35. The number of carbonyl (C=O) groups excluding carboxylic acids is 1. The summed E-state index contributed by atoms with van der Waals surface area (Å²) in [6.45, 7) is 1.95. The summed E-state index contributed by atoms with van der Waals surface area (Å²) in [6, 6.07) is 13.8. The van der Waals surface area contributed by atoms with Gasteiger partial charge in [0.25, 0.3) is 5.91 Å². The van der Waals surface area contributed by atoms with Crippen LogP contribution in [0.15, 0.2) is 64.1 Å². The highest BCUT2D eigenvalue weighted by molar-refractivity contribution is 9.10. The van der Waals surface area contributed by atoms with Crippen LogP contribution < -0.4 is 16.8 Å². The second-order valence-electron chi connectivity index (χ2n) is 8.52. The van der Waals surface area contributed by atoms with E-state index in [2.05, 4.69) is 52.1 Å². The van der Waals surface area contributed by atoms with E-state index in [1.54, 1.807) is 12.7 Å². The van der Waals surface area contributed by atoms with Crippen molar-refractivity contribution in [1.29, 1.82) is 0 Å². The van der Waals surface area contributed by atoms with E-state index in [9.17, 15) is 4.79 Å². The number of aryl methyl sites for hydroxylation is 1. The van der Waals surface area contributed by atoms with Crippen LogP contribution in [0.2, 0.25) is 0 Å². The van der Waals surface area contributed by atoms with Gasteiger partial charge >= 0.3 is 0 Å². The topological polar surface area (TPSA) is 128 Å². The summed E-state index contributed by atoms with van der Waals surface area (Å²) in [5, 5.41) is 3.03. The maximum atomic E-state index is 12.3. The van der Waals surface area contributed by atoms with E-state index in [0.29, 0.717) is 17.4 Å². The lowest BCUT2D eigenvalue weighted by Crippen LogP contribution is -2.26. The molecule has 2 aromatic heterocycles. The molecule has 0 radical (unpaired) electrons. The van der Waals surface area contributed by atoms with Crippen LogP contribution in [0, 0.1) is 6.92 Å². The molecule has 0 atom stereocenters. The molecule has 5 aromatic rings. The lowest BCUT2D eigenvalue weighted by atomic mass is 10.1. The molecule has 6 N–H and O–H groups in total. The van der Waals surface area contributed by atoms with E-state index >= 15 is 0 Å². The highest BCUT2D eigenvalue weighted by Gasteiger charge is 2.24. The van der Waals surface area contributed by atoms with Crippen molar-refractivity contribution in [3.05, 3.63) is 75.2 Å². The number of nitrogens with one attached hydrogen (secondary N) is 2. The Balaban J connectivity index is 0.000000192. The minimum absolute atomic E-state index is 0.00373. The molecule has 8 nitrogen and oxygen atoms in total. The standard InChI is InChI=1S/C18H17BrN4O.C7H6BrN3/c1-10-6-13(4-5-14(10)18(24)22-12-2-3-12)23-9-21-17-15(20)7-11(19)8-16(17)23;8-4-1-5(9)7-6(2-4)10-3-11-7/h4-9,12H,2-3,20H2,1H3,(H,22,24);1-3H,9H2,(H,10,11). The smallest absolute Gasteiger partial charge is 0.251 e. The van der Waals surface area contributed by atoms with Gasteiger partial charge < -0.3 is 21.8 Å². The number of hydrogen-bond donors (Lipinski definition) is 4. The zero-order chi connectivity index (χ0) is 24.7. The fourth-order valence-electron chi connectivity index (χ4n) is 3.90. The SMILES string of the molecule is Cc1cc(-n2cnc3c(N)cc(Br)cc32)ccc1C(=O)NC1CC1.Nc1cc(Br)cc2[nH]cnc12. The molecule has 1 aliphatic carbocycles. The summed E-state index contributed by atoms with van der Waals surface area (Å²) in [5.74, 6) is 0.00373. The van der Waals surface area contributed by atoms with Crippen LogP contribution in [0.3, 0.4) is 0 Å². The van der Waals surface area contributed by atoms with Crippen LogP contribution in [0.4, 0.5) is 11.4 Å². The van der Waals surface area contributed by atoms with Crippen molar-refractivity contribution in [2.24, 2.45) is 0 Å². The third-order valence-electron chi connectivity index (χ3n) is 5.81. The number of carbonyl (C=O) groups is 1. The van der Waals surface area contributed by atoms with Gasteiger partial charge in [0.05, 0.1) is 28.7 Å². The zero-order valence-electron chi connectivity index (χ0n) is 18.8. The van der Waals surface area contributed by atoms with Crippen molar-refractivity contribution < 1.29 is 4.79 Å². The van der Waals surface area contributed by atoms with Crippen molar-refractivity contribution >= 4 is 71.2 Å². The second-order valence-corrected chi connectivity index (χ2v) is 10.3. The number of aromatic nitrogens is 4. The van der Waals surface area contributed by atoms with Crippen molar-refractivity contribution in [1.82, 2.24) is 24.8 Å². The molecule has 6 rings (SSSR count). The van der Waals surface area contributed by atoms with Gasteiger partial charge in [-0.1, -0.05) is 31.9 Å². The first-order valence-corrected chi connectivity index (χ1v) is 12.6. The number of fused-ring (bicyclic) bond motifs is 2. The third-order valence-corrected chi connectivity index (χ3v) is 6.72.